The molecule has 1 amide bonds. The highest BCUT2D eigenvalue weighted by Gasteiger charge is 2.38. The number of carbonyl (C=O) groups is 1. The first-order valence-corrected chi connectivity index (χ1v) is 8.29. The van der Waals surface area contributed by atoms with E-state index in [2.05, 4.69) is 14.9 Å². The van der Waals surface area contributed by atoms with Crippen molar-refractivity contribution in [1.29, 1.82) is 0 Å². The molecule has 4 rings (SSSR count). The molecule has 3 heterocycles. The number of aromatic nitrogens is 2. The first-order valence-electron chi connectivity index (χ1n) is 8.29. The van der Waals surface area contributed by atoms with Crippen LogP contribution < -0.4 is 4.90 Å². The first kappa shape index (κ1) is 15.1. The zero-order valence-electron chi connectivity index (χ0n) is 13.4. The summed E-state index contributed by atoms with van der Waals surface area (Å²) < 4.78 is 6.00. The van der Waals surface area contributed by atoms with E-state index in [4.69, 9.17) is 4.74 Å². The molecule has 2 fully saturated rings. The van der Waals surface area contributed by atoms with Crippen molar-refractivity contribution in [3.8, 4) is 0 Å². The van der Waals surface area contributed by atoms with Crippen LogP contribution in [0.25, 0.3) is 0 Å². The predicted molar refractivity (Wildman–Crippen MR) is 89.8 cm³/mol. The third kappa shape index (κ3) is 2.97. The molecule has 2 aliphatic rings. The molecule has 24 heavy (non-hydrogen) atoms. The van der Waals surface area contributed by atoms with Crippen molar-refractivity contribution in [2.24, 2.45) is 5.92 Å². The molecule has 6 heteroatoms. The van der Waals surface area contributed by atoms with E-state index in [0.29, 0.717) is 19.7 Å². The smallest absolute Gasteiger partial charge is 0.253 e. The van der Waals surface area contributed by atoms with Crippen LogP contribution in [-0.2, 0) is 4.74 Å². The highest BCUT2D eigenvalue weighted by Crippen LogP contribution is 2.26. The maximum atomic E-state index is 12.7. The van der Waals surface area contributed by atoms with Gasteiger partial charge in [-0.25, -0.2) is 9.97 Å². The fourth-order valence-electron chi connectivity index (χ4n) is 3.46. The second kappa shape index (κ2) is 6.57. The minimum absolute atomic E-state index is 0.0780. The second-order valence-corrected chi connectivity index (χ2v) is 6.24. The van der Waals surface area contributed by atoms with E-state index in [1.165, 1.54) is 0 Å². The molecule has 1 aromatic carbocycles. The van der Waals surface area contributed by atoms with Gasteiger partial charge in [0.1, 0.15) is 0 Å². The van der Waals surface area contributed by atoms with Gasteiger partial charge in [-0.3, -0.25) is 4.79 Å². The van der Waals surface area contributed by atoms with Crippen LogP contribution in [0, 0.1) is 5.92 Å². The lowest BCUT2D eigenvalue weighted by atomic mass is 10.1. The average Bonchev–Trinajstić information content (AvgIpc) is 2.94. The Morgan fingerprint density at radius 2 is 1.83 bits per heavy atom. The van der Waals surface area contributed by atoms with Gasteiger partial charge in [-0.05, 0) is 18.2 Å². The Hall–Kier alpha value is -2.47. The van der Waals surface area contributed by atoms with Crippen LogP contribution in [0.3, 0.4) is 0 Å². The molecule has 2 atom stereocenters. The Morgan fingerprint density at radius 1 is 1.04 bits per heavy atom. The summed E-state index contributed by atoms with van der Waals surface area (Å²) in [6.45, 7) is 3.52. The normalized spacial score (nSPS) is 23.7. The van der Waals surface area contributed by atoms with E-state index in [0.717, 1.165) is 24.6 Å². The van der Waals surface area contributed by atoms with Gasteiger partial charge in [0.2, 0.25) is 5.95 Å². The van der Waals surface area contributed by atoms with Crippen LogP contribution in [-0.4, -0.2) is 59.7 Å². The third-order valence-corrected chi connectivity index (χ3v) is 4.67. The van der Waals surface area contributed by atoms with Crippen molar-refractivity contribution in [2.45, 2.75) is 6.10 Å². The van der Waals surface area contributed by atoms with Gasteiger partial charge in [-0.2, -0.15) is 0 Å². The maximum Gasteiger partial charge on any atom is 0.253 e. The van der Waals surface area contributed by atoms with Crippen molar-refractivity contribution in [3.05, 3.63) is 54.4 Å². The molecule has 1 aromatic heterocycles. The van der Waals surface area contributed by atoms with Crippen molar-refractivity contribution in [3.63, 3.8) is 0 Å². The lowest BCUT2D eigenvalue weighted by Gasteiger charge is -2.23. The van der Waals surface area contributed by atoms with Crippen LogP contribution in [0.15, 0.2) is 48.8 Å². The van der Waals surface area contributed by atoms with E-state index >= 15 is 0 Å². The molecule has 0 aliphatic carbocycles. The molecule has 6 nitrogen and oxygen atoms in total. The number of nitrogens with zero attached hydrogens (tertiary/aromatic N) is 4. The quantitative estimate of drug-likeness (QED) is 0.837. The summed E-state index contributed by atoms with van der Waals surface area (Å²) in [5, 5.41) is 0. The van der Waals surface area contributed by atoms with Gasteiger partial charge in [-0.1, -0.05) is 18.2 Å². The molecule has 0 bridgehead atoms. The summed E-state index contributed by atoms with van der Waals surface area (Å²) in [4.78, 5) is 25.4. The monoisotopic (exact) mass is 324 g/mol. The van der Waals surface area contributed by atoms with Gasteiger partial charge < -0.3 is 14.5 Å². The standard InChI is InChI=1S/C18H20N4O2/c23-17(14-5-2-1-3-6-14)21-9-10-24-16-13-22(12-15(16)11-21)18-19-7-4-8-20-18/h1-8,15-16H,9-13H2/t15-,16+/m1/s1. The number of ether oxygens (including phenoxy) is 1. The van der Waals surface area contributed by atoms with Crippen molar-refractivity contribution < 1.29 is 9.53 Å². The van der Waals surface area contributed by atoms with Gasteiger partial charge in [-0.15, -0.1) is 0 Å². The van der Waals surface area contributed by atoms with Crippen LogP contribution in [0.1, 0.15) is 10.4 Å². The number of benzene rings is 1. The summed E-state index contributed by atoms with van der Waals surface area (Å²) in [5.74, 6) is 1.09. The number of hydrogen-bond donors (Lipinski definition) is 0. The van der Waals surface area contributed by atoms with Crippen LogP contribution in [0.4, 0.5) is 5.95 Å². The van der Waals surface area contributed by atoms with E-state index < -0.39 is 0 Å². The summed E-state index contributed by atoms with van der Waals surface area (Å²) in [5.41, 5.74) is 0.734. The molecular formula is C18H20N4O2. The number of hydrogen-bond acceptors (Lipinski definition) is 5. The molecule has 0 unspecified atom stereocenters. The van der Waals surface area contributed by atoms with Crippen molar-refractivity contribution in [1.82, 2.24) is 14.9 Å². The van der Waals surface area contributed by atoms with Gasteiger partial charge >= 0.3 is 0 Å². The molecule has 124 valence electrons. The molecule has 0 spiro atoms. The Kier molecular flexibility index (Phi) is 4.13. The second-order valence-electron chi connectivity index (χ2n) is 6.24. The fraction of sp³-hybridized carbons (Fsp3) is 0.389. The maximum absolute atomic E-state index is 12.7. The van der Waals surface area contributed by atoms with Crippen LogP contribution in [0.2, 0.25) is 0 Å². The van der Waals surface area contributed by atoms with E-state index in [1.807, 2.05) is 41.3 Å². The lowest BCUT2D eigenvalue weighted by Crippen LogP contribution is -2.37. The SMILES string of the molecule is O=C(c1ccccc1)N1CCO[C@H]2CN(c3ncccn3)C[C@H]2C1. The lowest BCUT2D eigenvalue weighted by molar-refractivity contribution is 0.0569. The zero-order chi connectivity index (χ0) is 16.4. The third-order valence-electron chi connectivity index (χ3n) is 4.67. The van der Waals surface area contributed by atoms with Crippen LogP contribution >= 0.6 is 0 Å². The molecule has 0 radical (unpaired) electrons. The predicted octanol–water partition coefficient (Wildman–Crippen LogP) is 1.45. The van der Waals surface area contributed by atoms with Gasteiger partial charge in [0.15, 0.2) is 0 Å². The van der Waals surface area contributed by atoms with Crippen molar-refractivity contribution in [2.75, 3.05) is 37.7 Å². The van der Waals surface area contributed by atoms with Crippen LogP contribution in [0.5, 0.6) is 0 Å². The Labute approximate surface area is 141 Å². The minimum Gasteiger partial charge on any atom is -0.374 e. The first-order chi connectivity index (χ1) is 11.8. The zero-order valence-corrected chi connectivity index (χ0v) is 13.4. The Bertz CT molecular complexity index is 695. The summed E-state index contributed by atoms with van der Waals surface area (Å²) in [6.07, 6.45) is 3.63. The minimum atomic E-state index is 0.0780. The Balaban J connectivity index is 1.48. The molecule has 2 aliphatic heterocycles. The Morgan fingerprint density at radius 3 is 2.62 bits per heavy atom. The highest BCUT2D eigenvalue weighted by atomic mass is 16.5. The number of fused-ring (bicyclic) bond motifs is 1. The number of amides is 1. The van der Waals surface area contributed by atoms with E-state index in [1.54, 1.807) is 12.4 Å². The molecular weight excluding hydrogens is 304 g/mol. The van der Waals surface area contributed by atoms with E-state index in [9.17, 15) is 4.79 Å². The van der Waals surface area contributed by atoms with Gasteiger partial charge in [0, 0.05) is 50.1 Å². The number of rotatable bonds is 2. The fourth-order valence-corrected chi connectivity index (χ4v) is 3.46. The topological polar surface area (TPSA) is 58.6 Å². The largest absolute Gasteiger partial charge is 0.374 e. The summed E-state index contributed by atoms with van der Waals surface area (Å²) in [6, 6.07) is 11.3. The van der Waals surface area contributed by atoms with E-state index in [-0.39, 0.29) is 17.9 Å². The van der Waals surface area contributed by atoms with Gasteiger partial charge in [0.05, 0.1) is 12.7 Å². The van der Waals surface area contributed by atoms with Crippen molar-refractivity contribution >= 4 is 11.9 Å². The molecule has 0 N–H and O–H groups in total. The summed E-state index contributed by atoms with van der Waals surface area (Å²) >= 11 is 0. The molecule has 2 saturated heterocycles. The average molecular weight is 324 g/mol. The van der Waals surface area contributed by atoms with Gasteiger partial charge in [0.25, 0.3) is 5.91 Å². The highest BCUT2D eigenvalue weighted by molar-refractivity contribution is 5.94. The molecule has 2 aromatic rings. The molecule has 0 saturated carbocycles. The number of anilines is 1. The summed E-state index contributed by atoms with van der Waals surface area (Å²) in [7, 11) is 0. The number of carbonyl (C=O) groups excluding carboxylic acids is 1.